The number of unbranched alkanes of at least 4 members (excludes halogenated alkanes) is 1. The lowest BCUT2D eigenvalue weighted by Crippen LogP contribution is -2.08. The van der Waals surface area contributed by atoms with Gasteiger partial charge in [0, 0.05) is 22.8 Å². The van der Waals surface area contributed by atoms with Crippen LogP contribution in [0.5, 0.6) is 0 Å². The Morgan fingerprint density at radius 1 is 1.10 bits per heavy atom. The molecule has 0 aromatic heterocycles. The van der Waals surface area contributed by atoms with Crippen molar-refractivity contribution in [2.75, 3.05) is 0 Å². The number of benzene rings is 2. The Labute approximate surface area is 123 Å². The molecule has 0 spiro atoms. The smallest absolute Gasteiger partial charge is 0.273 e. The largest absolute Gasteiger partial charge is 0.289 e. The molecule has 2 aromatic carbocycles. The van der Waals surface area contributed by atoms with Gasteiger partial charge in [0.2, 0.25) is 0 Å². The summed E-state index contributed by atoms with van der Waals surface area (Å²) in [6, 6.07) is 13.6. The molecule has 0 bridgehead atoms. The van der Waals surface area contributed by atoms with E-state index in [2.05, 4.69) is 0 Å². The quantitative estimate of drug-likeness (QED) is 0.454. The Bertz CT molecular complexity index is 650. The highest BCUT2D eigenvalue weighted by Crippen LogP contribution is 2.26. The summed E-state index contributed by atoms with van der Waals surface area (Å²) in [4.78, 5) is 23.4. The summed E-state index contributed by atoms with van der Waals surface area (Å²) in [5.74, 6) is -0.162. The van der Waals surface area contributed by atoms with Crippen molar-refractivity contribution in [1.29, 1.82) is 0 Å². The monoisotopic (exact) mass is 283 g/mol. The number of ketones is 1. The summed E-state index contributed by atoms with van der Waals surface area (Å²) in [6.07, 6.45) is 2.28. The van der Waals surface area contributed by atoms with Gasteiger partial charge in [0.1, 0.15) is 0 Å². The highest BCUT2D eigenvalue weighted by molar-refractivity contribution is 6.10. The molecular formula is C17H17NO3. The number of carbonyl (C=O) groups excluding carboxylic acids is 1. The fourth-order valence-corrected chi connectivity index (χ4v) is 2.32. The molecule has 4 nitrogen and oxygen atoms in total. The first kappa shape index (κ1) is 14.9. The fraction of sp³-hybridized carbons (Fsp3) is 0.235. The van der Waals surface area contributed by atoms with Crippen LogP contribution in [0.15, 0.2) is 48.5 Å². The number of hydrogen-bond acceptors (Lipinski definition) is 3. The lowest BCUT2D eigenvalue weighted by Gasteiger charge is -2.09. The summed E-state index contributed by atoms with van der Waals surface area (Å²) < 4.78 is 0. The minimum atomic E-state index is -0.410. The Morgan fingerprint density at radius 2 is 1.81 bits per heavy atom. The first-order chi connectivity index (χ1) is 10.1. The summed E-state index contributed by atoms with van der Waals surface area (Å²) in [5.41, 5.74) is 1.56. The van der Waals surface area contributed by atoms with Gasteiger partial charge >= 0.3 is 0 Å². The van der Waals surface area contributed by atoms with E-state index in [1.165, 1.54) is 6.07 Å². The summed E-state index contributed by atoms with van der Waals surface area (Å²) in [6.45, 7) is 2.02. The van der Waals surface area contributed by atoms with Crippen molar-refractivity contribution in [1.82, 2.24) is 0 Å². The van der Waals surface area contributed by atoms with E-state index in [0.29, 0.717) is 23.1 Å². The van der Waals surface area contributed by atoms with E-state index in [9.17, 15) is 14.9 Å². The van der Waals surface area contributed by atoms with E-state index in [0.717, 1.165) is 12.8 Å². The molecule has 0 saturated carbocycles. The Morgan fingerprint density at radius 3 is 2.43 bits per heavy atom. The molecular weight excluding hydrogens is 266 g/mol. The van der Waals surface area contributed by atoms with Gasteiger partial charge in [0.25, 0.3) is 5.69 Å². The van der Waals surface area contributed by atoms with Crippen LogP contribution in [0, 0.1) is 10.1 Å². The number of rotatable bonds is 6. The second-order valence-electron chi connectivity index (χ2n) is 4.86. The van der Waals surface area contributed by atoms with Crippen molar-refractivity contribution >= 4 is 11.5 Å². The topological polar surface area (TPSA) is 60.2 Å². The van der Waals surface area contributed by atoms with Crippen LogP contribution in [0.1, 0.15) is 41.3 Å². The molecule has 0 N–H and O–H groups in total. The van der Waals surface area contributed by atoms with Gasteiger partial charge in [0.15, 0.2) is 5.78 Å². The standard InChI is InChI=1S/C17H17NO3/c1-2-3-10-14-15(11-7-12-16(14)18(20)21)17(19)13-8-5-4-6-9-13/h4-9,11-12H,2-3,10H2,1H3. The van der Waals surface area contributed by atoms with Crippen LogP contribution in [0.3, 0.4) is 0 Å². The highest BCUT2D eigenvalue weighted by Gasteiger charge is 2.21. The zero-order chi connectivity index (χ0) is 15.2. The third-order valence-corrected chi connectivity index (χ3v) is 3.41. The molecule has 0 aliphatic carbocycles. The van der Waals surface area contributed by atoms with E-state index in [1.807, 2.05) is 13.0 Å². The molecule has 21 heavy (non-hydrogen) atoms. The van der Waals surface area contributed by atoms with Gasteiger partial charge in [-0.2, -0.15) is 0 Å². The maximum Gasteiger partial charge on any atom is 0.273 e. The second kappa shape index (κ2) is 6.79. The molecule has 0 aliphatic rings. The predicted octanol–water partition coefficient (Wildman–Crippen LogP) is 4.17. The van der Waals surface area contributed by atoms with Gasteiger partial charge in [-0.3, -0.25) is 14.9 Å². The van der Waals surface area contributed by atoms with Gasteiger partial charge in [-0.15, -0.1) is 0 Å². The highest BCUT2D eigenvalue weighted by atomic mass is 16.6. The number of nitrogens with zero attached hydrogens (tertiary/aromatic N) is 1. The van der Waals surface area contributed by atoms with Crippen LogP contribution >= 0.6 is 0 Å². The van der Waals surface area contributed by atoms with Crippen LogP contribution in [-0.4, -0.2) is 10.7 Å². The average molecular weight is 283 g/mol. The molecule has 108 valence electrons. The fourth-order valence-electron chi connectivity index (χ4n) is 2.32. The van der Waals surface area contributed by atoms with Gasteiger partial charge in [-0.05, 0) is 12.8 Å². The van der Waals surface area contributed by atoms with Crippen LogP contribution in [0.25, 0.3) is 0 Å². The van der Waals surface area contributed by atoms with Gasteiger partial charge < -0.3 is 0 Å². The molecule has 0 atom stereocenters. The van der Waals surface area contributed by atoms with Crippen LogP contribution in [0.2, 0.25) is 0 Å². The number of carbonyl (C=O) groups is 1. The molecule has 0 amide bonds. The molecule has 0 fully saturated rings. The molecule has 0 saturated heterocycles. The van der Waals surface area contributed by atoms with Crippen LogP contribution in [-0.2, 0) is 6.42 Å². The van der Waals surface area contributed by atoms with Crippen molar-refractivity contribution in [2.24, 2.45) is 0 Å². The van der Waals surface area contributed by atoms with Crippen molar-refractivity contribution in [3.8, 4) is 0 Å². The molecule has 0 radical (unpaired) electrons. The van der Waals surface area contributed by atoms with E-state index in [-0.39, 0.29) is 11.5 Å². The van der Waals surface area contributed by atoms with Crippen LogP contribution < -0.4 is 0 Å². The van der Waals surface area contributed by atoms with Gasteiger partial charge in [-0.1, -0.05) is 55.8 Å². The first-order valence-corrected chi connectivity index (χ1v) is 7.01. The van der Waals surface area contributed by atoms with Crippen molar-refractivity contribution in [2.45, 2.75) is 26.2 Å². The van der Waals surface area contributed by atoms with Crippen LogP contribution in [0.4, 0.5) is 5.69 Å². The van der Waals surface area contributed by atoms with E-state index in [1.54, 1.807) is 36.4 Å². The molecule has 0 heterocycles. The molecule has 2 aromatic rings. The zero-order valence-corrected chi connectivity index (χ0v) is 11.9. The number of hydrogen-bond donors (Lipinski definition) is 0. The molecule has 2 rings (SSSR count). The summed E-state index contributed by atoms with van der Waals surface area (Å²) in [7, 11) is 0. The Hall–Kier alpha value is -2.49. The third-order valence-electron chi connectivity index (χ3n) is 3.41. The maximum absolute atomic E-state index is 12.6. The normalized spacial score (nSPS) is 10.3. The molecule has 4 heteroatoms. The number of nitro groups is 1. The van der Waals surface area contributed by atoms with E-state index >= 15 is 0 Å². The lowest BCUT2D eigenvalue weighted by molar-refractivity contribution is -0.385. The predicted molar refractivity (Wildman–Crippen MR) is 81.6 cm³/mol. The SMILES string of the molecule is CCCCc1c(C(=O)c2ccccc2)cccc1[N+](=O)[O-]. The first-order valence-electron chi connectivity index (χ1n) is 7.01. The minimum Gasteiger partial charge on any atom is -0.289 e. The third kappa shape index (κ3) is 3.34. The van der Waals surface area contributed by atoms with Crippen molar-refractivity contribution in [3.63, 3.8) is 0 Å². The minimum absolute atomic E-state index is 0.0326. The molecule has 0 aliphatic heterocycles. The van der Waals surface area contributed by atoms with Crippen molar-refractivity contribution < 1.29 is 9.72 Å². The lowest BCUT2D eigenvalue weighted by atomic mass is 9.94. The summed E-state index contributed by atoms with van der Waals surface area (Å²) in [5, 5.41) is 11.2. The van der Waals surface area contributed by atoms with Gasteiger partial charge in [0.05, 0.1) is 4.92 Å². The molecule has 0 unspecified atom stereocenters. The maximum atomic E-state index is 12.6. The Balaban J connectivity index is 2.49. The van der Waals surface area contributed by atoms with E-state index in [4.69, 9.17) is 0 Å². The number of nitro benzene ring substituents is 1. The zero-order valence-electron chi connectivity index (χ0n) is 11.9. The Kier molecular flexibility index (Phi) is 4.82. The summed E-state index contributed by atoms with van der Waals surface area (Å²) >= 11 is 0. The second-order valence-corrected chi connectivity index (χ2v) is 4.86. The van der Waals surface area contributed by atoms with Gasteiger partial charge in [-0.25, -0.2) is 0 Å². The average Bonchev–Trinajstić information content (AvgIpc) is 2.52. The van der Waals surface area contributed by atoms with Crippen molar-refractivity contribution in [3.05, 3.63) is 75.3 Å². The van der Waals surface area contributed by atoms with E-state index < -0.39 is 4.92 Å².